The molecule has 24 heavy (non-hydrogen) atoms. The number of benzene rings is 1. The first kappa shape index (κ1) is 16.4. The van der Waals surface area contributed by atoms with E-state index in [1.807, 2.05) is 18.4 Å². The Hall–Kier alpha value is -2.45. The molecular formula is C16H14N4O2S2. The van der Waals surface area contributed by atoms with Crippen LogP contribution in [-0.4, -0.2) is 27.0 Å². The number of primary amides is 1. The predicted molar refractivity (Wildman–Crippen MR) is 96.3 cm³/mol. The molecule has 3 rings (SSSR count). The number of nitrogens with one attached hydrogen (secondary N) is 1. The molecule has 2 aromatic heterocycles. The lowest BCUT2D eigenvalue weighted by molar-refractivity contribution is -0.115. The third kappa shape index (κ3) is 3.55. The largest absolute Gasteiger partial charge is 0.366 e. The van der Waals surface area contributed by atoms with E-state index in [0.717, 1.165) is 15.2 Å². The maximum absolute atomic E-state index is 12.3. The maximum atomic E-state index is 12.3. The van der Waals surface area contributed by atoms with E-state index in [1.54, 1.807) is 35.6 Å². The molecule has 3 N–H and O–H groups in total. The Morgan fingerprint density at radius 1 is 1.21 bits per heavy atom. The fourth-order valence-electron chi connectivity index (χ4n) is 2.03. The van der Waals surface area contributed by atoms with E-state index in [4.69, 9.17) is 5.73 Å². The number of nitrogens with zero attached hydrogens (tertiary/aromatic N) is 2. The highest BCUT2D eigenvalue weighted by Gasteiger charge is 2.17. The van der Waals surface area contributed by atoms with Gasteiger partial charge >= 0.3 is 0 Å². The van der Waals surface area contributed by atoms with Crippen molar-refractivity contribution in [2.24, 2.45) is 5.73 Å². The molecule has 1 aromatic carbocycles. The molecule has 0 aliphatic carbocycles. The van der Waals surface area contributed by atoms with Crippen molar-refractivity contribution >= 4 is 50.8 Å². The van der Waals surface area contributed by atoms with Crippen LogP contribution in [-0.2, 0) is 4.79 Å². The molecule has 2 heterocycles. The molecule has 0 aliphatic rings. The number of nitrogens with two attached hydrogens (primary N) is 1. The van der Waals surface area contributed by atoms with Crippen molar-refractivity contribution in [2.45, 2.75) is 17.2 Å². The van der Waals surface area contributed by atoms with Gasteiger partial charge < -0.3 is 11.1 Å². The average Bonchev–Trinajstić information content (AvgIpc) is 3.05. The number of carbonyl (C=O) groups excluding carboxylic acids is 2. The van der Waals surface area contributed by atoms with Gasteiger partial charge in [-0.25, -0.2) is 9.97 Å². The monoisotopic (exact) mass is 358 g/mol. The molecule has 8 heteroatoms. The first-order valence-electron chi connectivity index (χ1n) is 7.10. The summed E-state index contributed by atoms with van der Waals surface area (Å²) in [6.45, 7) is 1.82. The van der Waals surface area contributed by atoms with E-state index in [0.29, 0.717) is 11.3 Å². The van der Waals surface area contributed by atoms with Gasteiger partial charge in [-0.3, -0.25) is 9.59 Å². The fraction of sp³-hybridized carbons (Fsp3) is 0.125. The van der Waals surface area contributed by atoms with Crippen LogP contribution in [0.1, 0.15) is 17.3 Å². The van der Waals surface area contributed by atoms with Crippen LogP contribution in [0.3, 0.4) is 0 Å². The standard InChI is InChI=1S/C16H14N4O2S2/c1-9(24-16-13-12(6-7-23-13)18-8-19-16)15(22)20-11-4-2-10(3-5-11)14(17)21/h2-9H,1H3,(H2,17,21)(H,20,22). The zero-order valence-electron chi connectivity index (χ0n) is 12.7. The van der Waals surface area contributed by atoms with Crippen LogP contribution < -0.4 is 11.1 Å². The average molecular weight is 358 g/mol. The summed E-state index contributed by atoms with van der Waals surface area (Å²) in [5, 5.41) is 5.23. The highest BCUT2D eigenvalue weighted by molar-refractivity contribution is 8.00. The van der Waals surface area contributed by atoms with Crippen LogP contribution in [0.4, 0.5) is 5.69 Å². The van der Waals surface area contributed by atoms with Crippen molar-refractivity contribution in [2.75, 3.05) is 5.32 Å². The van der Waals surface area contributed by atoms with Gasteiger partial charge in [0.1, 0.15) is 11.4 Å². The summed E-state index contributed by atoms with van der Waals surface area (Å²) in [4.78, 5) is 31.9. The van der Waals surface area contributed by atoms with Gasteiger partial charge in [0.15, 0.2) is 0 Å². The Bertz CT molecular complexity index is 892. The zero-order valence-corrected chi connectivity index (χ0v) is 14.4. The molecule has 0 saturated carbocycles. The quantitative estimate of drug-likeness (QED) is 0.540. The van der Waals surface area contributed by atoms with Crippen molar-refractivity contribution in [1.29, 1.82) is 0 Å². The van der Waals surface area contributed by atoms with E-state index in [9.17, 15) is 9.59 Å². The highest BCUT2D eigenvalue weighted by atomic mass is 32.2. The van der Waals surface area contributed by atoms with E-state index < -0.39 is 5.91 Å². The van der Waals surface area contributed by atoms with E-state index in [1.165, 1.54) is 18.1 Å². The van der Waals surface area contributed by atoms with Crippen LogP contribution in [0.15, 0.2) is 47.1 Å². The van der Waals surface area contributed by atoms with Gasteiger partial charge in [0, 0.05) is 11.3 Å². The van der Waals surface area contributed by atoms with Crippen molar-refractivity contribution in [3.63, 3.8) is 0 Å². The summed E-state index contributed by atoms with van der Waals surface area (Å²) in [6, 6.07) is 8.39. The number of hydrogen-bond donors (Lipinski definition) is 2. The van der Waals surface area contributed by atoms with Crippen LogP contribution in [0.2, 0.25) is 0 Å². The number of thioether (sulfide) groups is 1. The van der Waals surface area contributed by atoms with Crippen molar-refractivity contribution in [1.82, 2.24) is 9.97 Å². The summed E-state index contributed by atoms with van der Waals surface area (Å²) < 4.78 is 0.980. The summed E-state index contributed by atoms with van der Waals surface area (Å²) in [5.74, 6) is -0.643. The van der Waals surface area contributed by atoms with Gasteiger partial charge in [-0.15, -0.1) is 11.3 Å². The smallest absolute Gasteiger partial charge is 0.248 e. The summed E-state index contributed by atoms with van der Waals surface area (Å²) in [6.07, 6.45) is 1.50. The van der Waals surface area contributed by atoms with Gasteiger partial charge in [0.2, 0.25) is 11.8 Å². The van der Waals surface area contributed by atoms with E-state index in [-0.39, 0.29) is 11.2 Å². The Morgan fingerprint density at radius 3 is 2.67 bits per heavy atom. The minimum Gasteiger partial charge on any atom is -0.366 e. The Morgan fingerprint density at radius 2 is 1.96 bits per heavy atom. The topological polar surface area (TPSA) is 98.0 Å². The molecule has 0 aliphatic heterocycles. The number of amides is 2. The van der Waals surface area contributed by atoms with E-state index in [2.05, 4.69) is 15.3 Å². The molecule has 0 fully saturated rings. The van der Waals surface area contributed by atoms with Gasteiger partial charge in [-0.1, -0.05) is 11.8 Å². The lowest BCUT2D eigenvalue weighted by Gasteiger charge is -2.12. The molecule has 0 radical (unpaired) electrons. The Labute approximate surface area is 146 Å². The second kappa shape index (κ2) is 6.98. The number of rotatable bonds is 5. The van der Waals surface area contributed by atoms with Crippen LogP contribution >= 0.6 is 23.1 Å². The second-order valence-corrected chi connectivity index (χ2v) is 7.25. The number of hydrogen-bond acceptors (Lipinski definition) is 6. The number of anilines is 1. The first-order valence-corrected chi connectivity index (χ1v) is 8.86. The molecule has 6 nitrogen and oxygen atoms in total. The third-order valence-corrected chi connectivity index (χ3v) is 5.45. The SMILES string of the molecule is CC(Sc1ncnc2ccsc12)C(=O)Nc1ccc(C(N)=O)cc1. The molecule has 0 bridgehead atoms. The minimum atomic E-state index is -0.500. The van der Waals surface area contributed by atoms with Crippen LogP contribution in [0.5, 0.6) is 0 Å². The third-order valence-electron chi connectivity index (χ3n) is 3.31. The normalized spacial score (nSPS) is 12.0. The lowest BCUT2D eigenvalue weighted by Crippen LogP contribution is -2.22. The first-order chi connectivity index (χ1) is 11.5. The summed E-state index contributed by atoms with van der Waals surface area (Å²) in [5.41, 5.74) is 7.09. The Kier molecular flexibility index (Phi) is 4.77. The van der Waals surface area contributed by atoms with Crippen LogP contribution in [0.25, 0.3) is 10.2 Å². The van der Waals surface area contributed by atoms with Gasteiger partial charge in [0.25, 0.3) is 0 Å². The summed E-state index contributed by atoms with van der Waals surface area (Å²) in [7, 11) is 0. The lowest BCUT2D eigenvalue weighted by atomic mass is 10.2. The minimum absolute atomic E-state index is 0.143. The molecule has 1 unspecified atom stereocenters. The highest BCUT2D eigenvalue weighted by Crippen LogP contribution is 2.31. The number of fused-ring (bicyclic) bond motifs is 1. The number of aromatic nitrogens is 2. The number of carbonyl (C=O) groups is 2. The van der Waals surface area contributed by atoms with Gasteiger partial charge in [-0.05, 0) is 42.6 Å². The van der Waals surface area contributed by atoms with Crippen molar-refractivity contribution in [3.05, 3.63) is 47.6 Å². The summed E-state index contributed by atoms with van der Waals surface area (Å²) >= 11 is 2.94. The molecule has 0 saturated heterocycles. The van der Waals surface area contributed by atoms with Crippen molar-refractivity contribution in [3.8, 4) is 0 Å². The van der Waals surface area contributed by atoms with Crippen LogP contribution in [0, 0.1) is 0 Å². The van der Waals surface area contributed by atoms with Crippen molar-refractivity contribution < 1.29 is 9.59 Å². The molecule has 0 spiro atoms. The second-order valence-electron chi connectivity index (χ2n) is 5.00. The number of thiophene rings is 1. The predicted octanol–water partition coefficient (Wildman–Crippen LogP) is 2.91. The maximum Gasteiger partial charge on any atom is 0.248 e. The zero-order chi connectivity index (χ0) is 17.1. The van der Waals surface area contributed by atoms with Gasteiger partial charge in [-0.2, -0.15) is 0 Å². The fourth-order valence-corrected chi connectivity index (χ4v) is 3.87. The van der Waals surface area contributed by atoms with Gasteiger partial charge in [0.05, 0.1) is 15.5 Å². The van der Waals surface area contributed by atoms with E-state index >= 15 is 0 Å². The molecule has 122 valence electrons. The molecule has 2 amide bonds. The Balaban J connectivity index is 1.68. The molecular weight excluding hydrogens is 344 g/mol. The molecule has 1 atom stereocenters. The molecule has 3 aromatic rings.